The van der Waals surface area contributed by atoms with Gasteiger partial charge in [0.25, 0.3) is 0 Å². The highest BCUT2D eigenvalue weighted by molar-refractivity contribution is 6.02. The van der Waals surface area contributed by atoms with E-state index >= 15 is 0 Å². The number of nitrogens with zero attached hydrogens (tertiary/aromatic N) is 1. The maximum Gasteiger partial charge on any atom is 0.123 e. The number of aliphatic imine (C=N–C) groups is 1. The smallest absolute Gasteiger partial charge is 0.123 e. The molecule has 1 aliphatic heterocycles. The van der Waals surface area contributed by atoms with Gasteiger partial charge in [-0.25, -0.2) is 0 Å². The molecule has 1 aliphatic rings. The van der Waals surface area contributed by atoms with Gasteiger partial charge in [-0.15, -0.1) is 0 Å². The van der Waals surface area contributed by atoms with Crippen molar-refractivity contribution in [3.8, 4) is 0 Å². The van der Waals surface area contributed by atoms with Gasteiger partial charge in [-0.05, 0) is 24.1 Å². The molecule has 0 radical (unpaired) electrons. The van der Waals surface area contributed by atoms with Crippen LogP contribution in [0.1, 0.15) is 12.5 Å². The van der Waals surface area contributed by atoms with Gasteiger partial charge in [-0.2, -0.15) is 0 Å². The van der Waals surface area contributed by atoms with Gasteiger partial charge in [0.2, 0.25) is 0 Å². The summed E-state index contributed by atoms with van der Waals surface area (Å²) in [5.74, 6) is 1.04. The Morgan fingerprint density at radius 3 is 2.79 bits per heavy atom. The lowest BCUT2D eigenvalue weighted by molar-refractivity contribution is 0.959. The van der Waals surface area contributed by atoms with Crippen LogP contribution in [0.25, 0.3) is 6.08 Å². The minimum atomic E-state index is 0.898. The van der Waals surface area contributed by atoms with Gasteiger partial charge in [0.05, 0.1) is 6.54 Å². The van der Waals surface area contributed by atoms with Crippen LogP contribution in [0.4, 0.5) is 0 Å². The molecule has 2 rings (SSSR count). The highest BCUT2D eigenvalue weighted by Gasteiger charge is 2.05. The van der Waals surface area contributed by atoms with Gasteiger partial charge in [0.1, 0.15) is 5.84 Å². The third kappa shape index (κ3) is 2.02. The quantitative estimate of drug-likeness (QED) is 0.751. The van der Waals surface area contributed by atoms with E-state index in [4.69, 9.17) is 0 Å². The molecule has 2 heteroatoms. The molecule has 0 bridgehead atoms. The largest absolute Gasteiger partial charge is 0.368 e. The topological polar surface area (TPSA) is 24.4 Å². The average molecular weight is 186 g/mol. The lowest BCUT2D eigenvalue weighted by atomic mass is 10.1. The van der Waals surface area contributed by atoms with E-state index in [0.717, 1.165) is 18.9 Å². The lowest BCUT2D eigenvalue weighted by Crippen LogP contribution is -2.19. The normalized spacial score (nSPS) is 16.4. The Morgan fingerprint density at radius 2 is 2.14 bits per heavy atom. The molecule has 0 unspecified atom stereocenters. The highest BCUT2D eigenvalue weighted by atomic mass is 15.1. The van der Waals surface area contributed by atoms with Crippen LogP contribution in [0.3, 0.4) is 0 Å². The van der Waals surface area contributed by atoms with E-state index in [1.165, 1.54) is 11.1 Å². The van der Waals surface area contributed by atoms with Crippen LogP contribution >= 0.6 is 0 Å². The molecule has 0 saturated carbocycles. The molecule has 1 aromatic rings. The molecule has 0 spiro atoms. The monoisotopic (exact) mass is 186 g/mol. The van der Waals surface area contributed by atoms with Gasteiger partial charge in [0, 0.05) is 6.54 Å². The van der Waals surface area contributed by atoms with Crippen LogP contribution in [0.15, 0.2) is 40.9 Å². The molecule has 0 aromatic heterocycles. The molecule has 1 heterocycles. The summed E-state index contributed by atoms with van der Waals surface area (Å²) >= 11 is 0. The minimum Gasteiger partial charge on any atom is -0.368 e. The Balaban J connectivity index is 2.18. The predicted octanol–water partition coefficient (Wildman–Crippen LogP) is 2.09. The molecular formula is C12H14N2. The second-order valence-corrected chi connectivity index (χ2v) is 3.40. The zero-order valence-corrected chi connectivity index (χ0v) is 8.33. The lowest BCUT2D eigenvalue weighted by Gasteiger charge is -2.01. The van der Waals surface area contributed by atoms with Crippen molar-refractivity contribution in [2.75, 3.05) is 13.1 Å². The van der Waals surface area contributed by atoms with E-state index in [1.54, 1.807) is 0 Å². The van der Waals surface area contributed by atoms with E-state index in [2.05, 4.69) is 35.4 Å². The molecule has 14 heavy (non-hydrogen) atoms. The summed E-state index contributed by atoms with van der Waals surface area (Å²) in [4.78, 5) is 4.37. The summed E-state index contributed by atoms with van der Waals surface area (Å²) < 4.78 is 0. The van der Waals surface area contributed by atoms with Crippen LogP contribution in [0.2, 0.25) is 0 Å². The van der Waals surface area contributed by atoms with E-state index in [-0.39, 0.29) is 0 Å². The third-order valence-electron chi connectivity index (χ3n) is 2.23. The van der Waals surface area contributed by atoms with E-state index in [0.29, 0.717) is 0 Å². The molecule has 1 N–H and O–H groups in total. The van der Waals surface area contributed by atoms with Crippen molar-refractivity contribution in [1.29, 1.82) is 0 Å². The molecule has 0 amide bonds. The minimum absolute atomic E-state index is 0.898. The second-order valence-electron chi connectivity index (χ2n) is 3.40. The van der Waals surface area contributed by atoms with Gasteiger partial charge in [0.15, 0.2) is 0 Å². The Labute approximate surface area is 84.4 Å². The van der Waals surface area contributed by atoms with Crippen molar-refractivity contribution in [3.05, 3.63) is 41.5 Å². The third-order valence-corrected chi connectivity index (χ3v) is 2.23. The number of hydrogen-bond donors (Lipinski definition) is 1. The summed E-state index contributed by atoms with van der Waals surface area (Å²) in [6.45, 7) is 3.95. The van der Waals surface area contributed by atoms with Crippen molar-refractivity contribution >= 4 is 11.9 Å². The zero-order valence-electron chi connectivity index (χ0n) is 8.33. The number of hydrogen-bond acceptors (Lipinski definition) is 2. The SMILES string of the molecule is C/C(=C\c1ccccc1)C1=NCCN1. The van der Waals surface area contributed by atoms with Crippen molar-refractivity contribution in [1.82, 2.24) is 5.32 Å². The molecule has 0 saturated heterocycles. The fourth-order valence-electron chi connectivity index (χ4n) is 1.53. The van der Waals surface area contributed by atoms with Crippen molar-refractivity contribution in [2.45, 2.75) is 6.92 Å². The van der Waals surface area contributed by atoms with Crippen molar-refractivity contribution in [3.63, 3.8) is 0 Å². The number of benzene rings is 1. The Morgan fingerprint density at radius 1 is 1.36 bits per heavy atom. The summed E-state index contributed by atoms with van der Waals surface area (Å²) in [5.41, 5.74) is 2.43. The second kappa shape index (κ2) is 4.09. The first-order valence-electron chi connectivity index (χ1n) is 4.88. The van der Waals surface area contributed by atoms with Crippen LogP contribution in [0, 0.1) is 0 Å². The van der Waals surface area contributed by atoms with Crippen LogP contribution in [0.5, 0.6) is 0 Å². The molecule has 2 nitrogen and oxygen atoms in total. The molecule has 0 atom stereocenters. The van der Waals surface area contributed by atoms with Gasteiger partial charge >= 0.3 is 0 Å². The predicted molar refractivity (Wildman–Crippen MR) is 60.4 cm³/mol. The van der Waals surface area contributed by atoms with Crippen LogP contribution in [-0.2, 0) is 0 Å². The first-order chi connectivity index (χ1) is 6.86. The van der Waals surface area contributed by atoms with E-state index < -0.39 is 0 Å². The zero-order chi connectivity index (χ0) is 9.80. The summed E-state index contributed by atoms with van der Waals surface area (Å²) in [6.07, 6.45) is 2.15. The molecule has 0 fully saturated rings. The maximum atomic E-state index is 4.37. The van der Waals surface area contributed by atoms with E-state index in [1.807, 2.05) is 18.2 Å². The molecular weight excluding hydrogens is 172 g/mol. The fourth-order valence-corrected chi connectivity index (χ4v) is 1.53. The molecule has 72 valence electrons. The Kier molecular flexibility index (Phi) is 2.63. The Hall–Kier alpha value is -1.57. The first kappa shape index (κ1) is 9.00. The van der Waals surface area contributed by atoms with Crippen LogP contribution in [-0.4, -0.2) is 18.9 Å². The first-order valence-corrected chi connectivity index (χ1v) is 4.88. The van der Waals surface area contributed by atoms with E-state index in [9.17, 15) is 0 Å². The Bertz CT molecular complexity index is 363. The van der Waals surface area contributed by atoms with Crippen LogP contribution < -0.4 is 5.32 Å². The number of nitrogens with one attached hydrogen (secondary N) is 1. The summed E-state index contributed by atoms with van der Waals surface area (Å²) in [5, 5.41) is 3.26. The average Bonchev–Trinajstić information content (AvgIpc) is 2.72. The number of amidine groups is 1. The van der Waals surface area contributed by atoms with Gasteiger partial charge in [-0.1, -0.05) is 30.3 Å². The molecule has 0 aliphatic carbocycles. The number of rotatable bonds is 2. The standard InChI is InChI=1S/C12H14N2/c1-10(12-13-7-8-14-12)9-11-5-3-2-4-6-11/h2-6,9H,7-8H2,1H3,(H,13,14)/b10-9+. The van der Waals surface area contributed by atoms with Crippen molar-refractivity contribution < 1.29 is 0 Å². The van der Waals surface area contributed by atoms with Gasteiger partial charge in [-0.3, -0.25) is 4.99 Å². The maximum absolute atomic E-state index is 4.37. The fraction of sp³-hybridized carbons (Fsp3) is 0.250. The summed E-state index contributed by atoms with van der Waals surface area (Å²) in [6, 6.07) is 10.3. The highest BCUT2D eigenvalue weighted by Crippen LogP contribution is 2.07. The molecule has 1 aromatic carbocycles. The van der Waals surface area contributed by atoms with Gasteiger partial charge < -0.3 is 5.32 Å². The van der Waals surface area contributed by atoms with Crippen molar-refractivity contribution in [2.24, 2.45) is 4.99 Å². The summed E-state index contributed by atoms with van der Waals surface area (Å²) in [7, 11) is 0.